The van der Waals surface area contributed by atoms with Crippen LogP contribution >= 0.6 is 22.9 Å². The van der Waals surface area contributed by atoms with Gasteiger partial charge in [-0.1, -0.05) is 11.6 Å². The normalized spacial score (nSPS) is 10.4. The first-order valence-corrected chi connectivity index (χ1v) is 6.63. The van der Waals surface area contributed by atoms with Gasteiger partial charge in [0, 0.05) is 17.8 Å². The van der Waals surface area contributed by atoms with E-state index in [0.29, 0.717) is 13.0 Å². The minimum Gasteiger partial charge on any atom is -0.356 e. The van der Waals surface area contributed by atoms with Crippen molar-refractivity contribution in [3.8, 4) is 0 Å². The number of amides is 1. The number of halogens is 1. The molecule has 1 aromatic heterocycles. The van der Waals surface area contributed by atoms with Gasteiger partial charge in [-0.15, -0.1) is 11.3 Å². The quantitative estimate of drug-likeness (QED) is 0.739. The van der Waals surface area contributed by atoms with Crippen molar-refractivity contribution < 1.29 is 4.79 Å². The Labute approximate surface area is 105 Å². The Kier molecular flexibility index (Phi) is 6.45. The zero-order valence-corrected chi connectivity index (χ0v) is 10.7. The molecule has 0 aliphatic carbocycles. The van der Waals surface area contributed by atoms with E-state index in [0.717, 1.165) is 35.0 Å². The largest absolute Gasteiger partial charge is 0.356 e. The smallest absolute Gasteiger partial charge is 0.220 e. The van der Waals surface area contributed by atoms with Crippen LogP contribution in [0.25, 0.3) is 0 Å². The second-order valence-corrected chi connectivity index (χ2v) is 5.35. The summed E-state index contributed by atoms with van der Waals surface area (Å²) in [6, 6.07) is 3.83. The highest BCUT2D eigenvalue weighted by Gasteiger charge is 2.03. The molecule has 0 bridgehead atoms. The molecule has 0 radical (unpaired) electrons. The molecule has 1 amide bonds. The van der Waals surface area contributed by atoms with E-state index in [2.05, 4.69) is 5.32 Å². The number of unbranched alkanes of at least 4 members (excludes halogenated alkanes) is 1. The van der Waals surface area contributed by atoms with Crippen LogP contribution in [0.15, 0.2) is 12.1 Å². The van der Waals surface area contributed by atoms with E-state index in [-0.39, 0.29) is 5.91 Å². The fourth-order valence-electron chi connectivity index (χ4n) is 1.31. The second-order valence-electron chi connectivity index (χ2n) is 3.55. The first-order valence-electron chi connectivity index (χ1n) is 5.43. The Balaban J connectivity index is 2.10. The average molecular weight is 261 g/mol. The second kappa shape index (κ2) is 7.65. The van der Waals surface area contributed by atoms with Crippen LogP contribution in [0, 0.1) is 0 Å². The van der Waals surface area contributed by atoms with Gasteiger partial charge in [0.15, 0.2) is 0 Å². The Morgan fingerprint density at radius 3 is 2.88 bits per heavy atom. The molecule has 5 heteroatoms. The van der Waals surface area contributed by atoms with E-state index >= 15 is 0 Å². The minimum absolute atomic E-state index is 0.0987. The molecule has 0 saturated heterocycles. The average Bonchev–Trinajstić information content (AvgIpc) is 2.68. The Morgan fingerprint density at radius 1 is 1.44 bits per heavy atom. The van der Waals surface area contributed by atoms with Crippen LogP contribution in [-0.2, 0) is 11.2 Å². The molecule has 0 atom stereocenters. The first kappa shape index (κ1) is 13.5. The summed E-state index contributed by atoms with van der Waals surface area (Å²) >= 11 is 7.33. The van der Waals surface area contributed by atoms with E-state index < -0.39 is 0 Å². The molecule has 3 N–H and O–H groups in total. The van der Waals surface area contributed by atoms with Crippen molar-refractivity contribution in [3.63, 3.8) is 0 Å². The van der Waals surface area contributed by atoms with Crippen molar-refractivity contribution in [3.05, 3.63) is 21.3 Å². The predicted octanol–water partition coefficient (Wildman–Crippen LogP) is 2.19. The zero-order valence-electron chi connectivity index (χ0n) is 9.17. The summed E-state index contributed by atoms with van der Waals surface area (Å²) in [7, 11) is 0. The van der Waals surface area contributed by atoms with Crippen LogP contribution in [0.1, 0.15) is 24.1 Å². The summed E-state index contributed by atoms with van der Waals surface area (Å²) < 4.78 is 0.776. The van der Waals surface area contributed by atoms with Gasteiger partial charge in [-0.05, 0) is 37.9 Å². The standard InChI is InChI=1S/C11H17ClN2OS/c12-10-5-3-9(16-10)4-6-11(15)14-8-2-1-7-13/h3,5H,1-2,4,6-8,13H2,(H,14,15). The lowest BCUT2D eigenvalue weighted by Gasteiger charge is -2.03. The van der Waals surface area contributed by atoms with Gasteiger partial charge < -0.3 is 11.1 Å². The van der Waals surface area contributed by atoms with Crippen molar-refractivity contribution in [2.24, 2.45) is 5.73 Å². The Bertz CT molecular complexity index is 328. The maximum Gasteiger partial charge on any atom is 0.220 e. The van der Waals surface area contributed by atoms with E-state index in [1.54, 1.807) is 0 Å². The zero-order chi connectivity index (χ0) is 11.8. The molecule has 0 aromatic carbocycles. The molecule has 1 rings (SSSR count). The number of hydrogen-bond acceptors (Lipinski definition) is 3. The van der Waals surface area contributed by atoms with Gasteiger partial charge in [0.25, 0.3) is 0 Å². The van der Waals surface area contributed by atoms with Gasteiger partial charge in [-0.25, -0.2) is 0 Å². The van der Waals surface area contributed by atoms with Gasteiger partial charge in [-0.2, -0.15) is 0 Å². The van der Waals surface area contributed by atoms with Gasteiger partial charge in [0.2, 0.25) is 5.91 Å². The number of carbonyl (C=O) groups excluding carboxylic acids is 1. The van der Waals surface area contributed by atoms with E-state index in [1.165, 1.54) is 11.3 Å². The van der Waals surface area contributed by atoms with Crippen LogP contribution in [0.5, 0.6) is 0 Å². The van der Waals surface area contributed by atoms with Crippen molar-refractivity contribution in [2.45, 2.75) is 25.7 Å². The van der Waals surface area contributed by atoms with Crippen LogP contribution in [0.3, 0.4) is 0 Å². The summed E-state index contributed by atoms with van der Waals surface area (Å²) in [5.74, 6) is 0.0987. The molecule has 16 heavy (non-hydrogen) atoms. The summed E-state index contributed by atoms with van der Waals surface area (Å²) in [5.41, 5.74) is 5.36. The molecular formula is C11H17ClN2OS. The van der Waals surface area contributed by atoms with E-state index in [4.69, 9.17) is 17.3 Å². The lowest BCUT2D eigenvalue weighted by molar-refractivity contribution is -0.121. The molecule has 3 nitrogen and oxygen atoms in total. The Hall–Kier alpha value is -0.580. The fourth-order valence-corrected chi connectivity index (χ4v) is 2.40. The van der Waals surface area contributed by atoms with E-state index in [1.807, 2.05) is 12.1 Å². The third-order valence-electron chi connectivity index (χ3n) is 2.18. The number of carbonyl (C=O) groups is 1. The van der Waals surface area contributed by atoms with Crippen molar-refractivity contribution in [1.82, 2.24) is 5.32 Å². The number of nitrogens with one attached hydrogen (secondary N) is 1. The molecule has 0 aliphatic heterocycles. The van der Waals surface area contributed by atoms with Crippen LogP contribution in [-0.4, -0.2) is 19.0 Å². The highest BCUT2D eigenvalue weighted by Crippen LogP contribution is 2.22. The molecule has 0 saturated carbocycles. The van der Waals surface area contributed by atoms with Gasteiger partial charge in [-0.3, -0.25) is 4.79 Å². The summed E-state index contributed by atoms with van der Waals surface area (Å²) in [5, 5.41) is 2.87. The van der Waals surface area contributed by atoms with Gasteiger partial charge in [0.1, 0.15) is 0 Å². The molecule has 0 unspecified atom stereocenters. The number of hydrogen-bond donors (Lipinski definition) is 2. The van der Waals surface area contributed by atoms with Crippen molar-refractivity contribution in [2.75, 3.05) is 13.1 Å². The molecular weight excluding hydrogens is 244 g/mol. The molecule has 0 spiro atoms. The molecule has 0 aliphatic rings. The number of rotatable bonds is 7. The van der Waals surface area contributed by atoms with E-state index in [9.17, 15) is 4.79 Å². The third-order valence-corrected chi connectivity index (χ3v) is 3.47. The summed E-state index contributed by atoms with van der Waals surface area (Å²) in [6.07, 6.45) is 3.20. The topological polar surface area (TPSA) is 55.1 Å². The molecule has 1 aromatic rings. The number of aryl methyl sites for hydroxylation is 1. The monoisotopic (exact) mass is 260 g/mol. The van der Waals surface area contributed by atoms with Gasteiger partial charge >= 0.3 is 0 Å². The number of thiophene rings is 1. The SMILES string of the molecule is NCCCCNC(=O)CCc1ccc(Cl)s1. The fraction of sp³-hybridized carbons (Fsp3) is 0.545. The lowest BCUT2D eigenvalue weighted by atomic mass is 10.2. The Morgan fingerprint density at radius 2 is 2.25 bits per heavy atom. The van der Waals surface area contributed by atoms with Crippen LogP contribution < -0.4 is 11.1 Å². The molecule has 0 fully saturated rings. The van der Waals surface area contributed by atoms with Gasteiger partial charge in [0.05, 0.1) is 4.34 Å². The third kappa shape index (κ3) is 5.49. The number of nitrogens with two attached hydrogens (primary N) is 1. The van der Waals surface area contributed by atoms with Crippen LogP contribution in [0.2, 0.25) is 4.34 Å². The first-order chi connectivity index (χ1) is 7.72. The van der Waals surface area contributed by atoms with Crippen LogP contribution in [0.4, 0.5) is 0 Å². The van der Waals surface area contributed by atoms with Crippen molar-refractivity contribution in [1.29, 1.82) is 0 Å². The highest BCUT2D eigenvalue weighted by atomic mass is 35.5. The molecule has 90 valence electrons. The predicted molar refractivity (Wildman–Crippen MR) is 68.9 cm³/mol. The van der Waals surface area contributed by atoms with Crippen molar-refractivity contribution >= 4 is 28.8 Å². The highest BCUT2D eigenvalue weighted by molar-refractivity contribution is 7.16. The maximum absolute atomic E-state index is 11.4. The summed E-state index contributed by atoms with van der Waals surface area (Å²) in [4.78, 5) is 12.6. The maximum atomic E-state index is 11.4. The minimum atomic E-state index is 0.0987. The summed E-state index contributed by atoms with van der Waals surface area (Å²) in [6.45, 7) is 1.41. The molecule has 1 heterocycles. The lowest BCUT2D eigenvalue weighted by Crippen LogP contribution is -2.24.